The third kappa shape index (κ3) is 4.32. The van der Waals surface area contributed by atoms with Crippen molar-refractivity contribution in [2.24, 2.45) is 5.41 Å². The Hall–Kier alpha value is -1.05. The SMILES string of the molecule is C#CCCCCNC(=O)C1(COC)CCNCC1. The van der Waals surface area contributed by atoms with Gasteiger partial charge in [0, 0.05) is 20.1 Å². The Morgan fingerprint density at radius 3 is 2.78 bits per heavy atom. The van der Waals surface area contributed by atoms with Gasteiger partial charge in [-0.15, -0.1) is 12.3 Å². The van der Waals surface area contributed by atoms with Gasteiger partial charge in [0.05, 0.1) is 12.0 Å². The topological polar surface area (TPSA) is 50.4 Å². The average Bonchev–Trinajstić information content (AvgIpc) is 2.39. The molecule has 1 saturated heterocycles. The van der Waals surface area contributed by atoms with E-state index in [2.05, 4.69) is 16.6 Å². The number of amides is 1. The molecule has 0 aromatic heterocycles. The average molecular weight is 252 g/mol. The molecule has 0 bridgehead atoms. The lowest BCUT2D eigenvalue weighted by Gasteiger charge is -2.35. The molecule has 2 N–H and O–H groups in total. The van der Waals surface area contributed by atoms with Crippen LogP contribution in [0.3, 0.4) is 0 Å². The van der Waals surface area contributed by atoms with Crippen LogP contribution in [0.15, 0.2) is 0 Å². The first-order valence-electron chi connectivity index (χ1n) is 6.66. The molecule has 18 heavy (non-hydrogen) atoms. The van der Waals surface area contributed by atoms with Crippen LogP contribution < -0.4 is 10.6 Å². The lowest BCUT2D eigenvalue weighted by molar-refractivity contribution is -0.136. The fraction of sp³-hybridized carbons (Fsp3) is 0.786. The van der Waals surface area contributed by atoms with E-state index in [0.717, 1.165) is 45.2 Å². The van der Waals surface area contributed by atoms with Crippen molar-refractivity contribution in [2.75, 3.05) is 33.4 Å². The monoisotopic (exact) mass is 252 g/mol. The number of ether oxygens (including phenoxy) is 1. The number of piperidine rings is 1. The second-order valence-corrected chi connectivity index (χ2v) is 4.88. The summed E-state index contributed by atoms with van der Waals surface area (Å²) in [5.41, 5.74) is -0.341. The Morgan fingerprint density at radius 1 is 1.44 bits per heavy atom. The summed E-state index contributed by atoms with van der Waals surface area (Å²) < 4.78 is 5.24. The van der Waals surface area contributed by atoms with Crippen molar-refractivity contribution in [3.05, 3.63) is 0 Å². The lowest BCUT2D eigenvalue weighted by atomic mass is 9.78. The molecule has 4 nitrogen and oxygen atoms in total. The summed E-state index contributed by atoms with van der Waals surface area (Å²) in [5.74, 6) is 2.74. The van der Waals surface area contributed by atoms with Crippen molar-refractivity contribution < 1.29 is 9.53 Å². The Morgan fingerprint density at radius 2 is 2.17 bits per heavy atom. The summed E-state index contributed by atoms with van der Waals surface area (Å²) >= 11 is 0. The highest BCUT2D eigenvalue weighted by atomic mass is 16.5. The van der Waals surface area contributed by atoms with Crippen molar-refractivity contribution >= 4 is 5.91 Å². The van der Waals surface area contributed by atoms with Gasteiger partial charge >= 0.3 is 0 Å². The highest BCUT2D eigenvalue weighted by Gasteiger charge is 2.39. The zero-order valence-corrected chi connectivity index (χ0v) is 11.3. The van der Waals surface area contributed by atoms with Gasteiger partial charge in [-0.1, -0.05) is 0 Å². The molecule has 1 heterocycles. The molecule has 0 saturated carbocycles. The predicted molar refractivity (Wildman–Crippen MR) is 72.1 cm³/mol. The van der Waals surface area contributed by atoms with E-state index in [1.165, 1.54) is 0 Å². The Balaban J connectivity index is 2.37. The minimum atomic E-state index is -0.341. The molecular weight excluding hydrogens is 228 g/mol. The molecule has 0 radical (unpaired) electrons. The first-order valence-corrected chi connectivity index (χ1v) is 6.66. The number of nitrogens with one attached hydrogen (secondary N) is 2. The molecule has 1 aliphatic rings. The van der Waals surface area contributed by atoms with Gasteiger partial charge in [-0.05, 0) is 38.8 Å². The summed E-state index contributed by atoms with van der Waals surface area (Å²) in [6.45, 7) is 2.98. The van der Waals surface area contributed by atoms with Crippen LogP contribution in [-0.2, 0) is 9.53 Å². The molecule has 1 amide bonds. The van der Waals surface area contributed by atoms with Gasteiger partial charge in [0.15, 0.2) is 0 Å². The maximum absolute atomic E-state index is 12.3. The number of unbranched alkanes of at least 4 members (excludes halogenated alkanes) is 2. The fourth-order valence-corrected chi connectivity index (χ4v) is 2.36. The number of carbonyl (C=O) groups is 1. The van der Waals surface area contributed by atoms with E-state index in [9.17, 15) is 4.79 Å². The zero-order chi connectivity index (χ0) is 13.3. The van der Waals surface area contributed by atoms with Gasteiger partial charge < -0.3 is 15.4 Å². The van der Waals surface area contributed by atoms with E-state index < -0.39 is 0 Å². The molecule has 0 aromatic carbocycles. The summed E-state index contributed by atoms with van der Waals surface area (Å²) in [7, 11) is 1.66. The normalized spacial score (nSPS) is 18.0. The van der Waals surface area contributed by atoms with E-state index in [-0.39, 0.29) is 11.3 Å². The zero-order valence-electron chi connectivity index (χ0n) is 11.3. The molecule has 1 aliphatic heterocycles. The number of hydrogen-bond donors (Lipinski definition) is 2. The molecule has 0 spiro atoms. The van der Waals surface area contributed by atoms with Gasteiger partial charge in [0.25, 0.3) is 0 Å². The van der Waals surface area contributed by atoms with Gasteiger partial charge in [0.1, 0.15) is 0 Å². The molecule has 0 unspecified atom stereocenters. The summed E-state index contributed by atoms with van der Waals surface area (Å²) in [6.07, 6.45) is 9.57. The third-order valence-corrected chi connectivity index (χ3v) is 3.50. The van der Waals surface area contributed by atoms with Crippen LogP contribution in [0.1, 0.15) is 32.1 Å². The van der Waals surface area contributed by atoms with Gasteiger partial charge in [0.2, 0.25) is 5.91 Å². The fourth-order valence-electron chi connectivity index (χ4n) is 2.36. The summed E-state index contributed by atoms with van der Waals surface area (Å²) in [6, 6.07) is 0. The van der Waals surface area contributed by atoms with Gasteiger partial charge in [-0.2, -0.15) is 0 Å². The molecular formula is C14H24N2O2. The summed E-state index contributed by atoms with van der Waals surface area (Å²) in [5, 5.41) is 6.30. The van der Waals surface area contributed by atoms with Crippen LogP contribution in [0, 0.1) is 17.8 Å². The first-order chi connectivity index (χ1) is 8.75. The van der Waals surface area contributed by atoms with E-state index in [4.69, 9.17) is 11.2 Å². The number of hydrogen-bond acceptors (Lipinski definition) is 3. The van der Waals surface area contributed by atoms with E-state index in [1.54, 1.807) is 7.11 Å². The van der Waals surface area contributed by atoms with E-state index in [1.807, 2.05) is 0 Å². The Bertz CT molecular complexity index is 285. The smallest absolute Gasteiger partial charge is 0.228 e. The largest absolute Gasteiger partial charge is 0.384 e. The quantitative estimate of drug-likeness (QED) is 0.523. The van der Waals surface area contributed by atoms with Crippen molar-refractivity contribution in [3.8, 4) is 12.3 Å². The van der Waals surface area contributed by atoms with E-state index in [0.29, 0.717) is 13.2 Å². The maximum atomic E-state index is 12.3. The standard InChI is InChI=1S/C14H24N2O2/c1-3-4-5-6-9-16-13(17)14(12-18-2)7-10-15-11-8-14/h1,15H,4-12H2,2H3,(H,16,17). The van der Waals surface area contributed by atoms with Crippen LogP contribution in [0.4, 0.5) is 0 Å². The minimum absolute atomic E-state index is 0.131. The molecule has 4 heteroatoms. The van der Waals surface area contributed by atoms with Gasteiger partial charge in [-0.25, -0.2) is 0 Å². The highest BCUT2D eigenvalue weighted by molar-refractivity contribution is 5.82. The number of terminal acetylenes is 1. The second-order valence-electron chi connectivity index (χ2n) is 4.88. The molecule has 0 aromatic rings. The van der Waals surface area contributed by atoms with Crippen molar-refractivity contribution in [3.63, 3.8) is 0 Å². The van der Waals surface area contributed by atoms with Crippen molar-refractivity contribution in [1.29, 1.82) is 0 Å². The number of methoxy groups -OCH3 is 1. The molecule has 1 rings (SSSR count). The minimum Gasteiger partial charge on any atom is -0.384 e. The van der Waals surface area contributed by atoms with E-state index >= 15 is 0 Å². The molecule has 0 atom stereocenters. The van der Waals surface area contributed by atoms with Crippen molar-refractivity contribution in [2.45, 2.75) is 32.1 Å². The Labute approximate surface area is 110 Å². The van der Waals surface area contributed by atoms with Crippen LogP contribution in [-0.4, -0.2) is 39.3 Å². The molecule has 102 valence electrons. The van der Waals surface area contributed by atoms with Crippen LogP contribution in [0.5, 0.6) is 0 Å². The Kier molecular flexibility index (Phi) is 6.77. The maximum Gasteiger partial charge on any atom is 0.228 e. The second kappa shape index (κ2) is 8.12. The predicted octanol–water partition coefficient (Wildman–Crippen LogP) is 0.922. The number of rotatable bonds is 7. The third-order valence-electron chi connectivity index (χ3n) is 3.50. The van der Waals surface area contributed by atoms with Gasteiger partial charge in [-0.3, -0.25) is 4.79 Å². The first kappa shape index (κ1) is 15.0. The summed E-state index contributed by atoms with van der Waals surface area (Å²) in [4.78, 5) is 12.3. The van der Waals surface area contributed by atoms with Crippen molar-refractivity contribution in [1.82, 2.24) is 10.6 Å². The van der Waals surface area contributed by atoms with Crippen LogP contribution in [0.25, 0.3) is 0 Å². The van der Waals surface area contributed by atoms with Crippen LogP contribution in [0.2, 0.25) is 0 Å². The lowest BCUT2D eigenvalue weighted by Crippen LogP contribution is -2.50. The molecule has 1 fully saturated rings. The molecule has 0 aliphatic carbocycles. The number of carbonyl (C=O) groups excluding carboxylic acids is 1. The van der Waals surface area contributed by atoms with Crippen LogP contribution >= 0.6 is 0 Å². The highest BCUT2D eigenvalue weighted by Crippen LogP contribution is 2.29.